The Morgan fingerprint density at radius 1 is 1.83 bits per heavy atom. The van der Waals surface area contributed by atoms with Crippen molar-refractivity contribution in [1.82, 2.24) is 0 Å². The van der Waals surface area contributed by atoms with Gasteiger partial charge in [0.25, 0.3) is 0 Å². The summed E-state index contributed by atoms with van der Waals surface area (Å²) >= 11 is 0. The number of nitrogens with two attached hydrogens (primary N) is 1. The van der Waals surface area contributed by atoms with Gasteiger partial charge < -0.3 is 5.73 Å². The van der Waals surface area contributed by atoms with E-state index in [9.17, 15) is 0 Å². The molecule has 0 aliphatic heterocycles. The van der Waals surface area contributed by atoms with Crippen LogP contribution in [0.5, 0.6) is 0 Å². The lowest BCUT2D eigenvalue weighted by atomic mass is 10.1. The summed E-state index contributed by atoms with van der Waals surface area (Å²) in [6, 6.07) is 0. The molecule has 1 atom stereocenters. The van der Waals surface area contributed by atoms with Gasteiger partial charge in [-0.05, 0) is 5.92 Å². The first kappa shape index (κ1) is 5.96. The smallest absolute Gasteiger partial charge is 0.0220 e. The van der Waals surface area contributed by atoms with E-state index in [2.05, 4.69) is 13.8 Å². The molecule has 0 aromatic heterocycles. The summed E-state index contributed by atoms with van der Waals surface area (Å²) in [6.07, 6.45) is 1.15. The Labute approximate surface area is 39.5 Å². The molecule has 0 spiro atoms. The topological polar surface area (TPSA) is 26.0 Å². The standard InChI is InChI=1S/C5H12N/c1-3-5(2)4-6/h4-5H,3,6H2,1-2H3. The zero-order valence-corrected chi connectivity index (χ0v) is 4.44. The fraction of sp³-hybridized carbons (Fsp3) is 0.800. The van der Waals surface area contributed by atoms with Crippen LogP contribution < -0.4 is 5.73 Å². The molecule has 0 aromatic rings. The molecule has 0 saturated heterocycles. The fourth-order valence-electron chi connectivity index (χ4n) is 0.136. The Morgan fingerprint density at radius 3 is 2.33 bits per heavy atom. The number of rotatable bonds is 2. The molecule has 0 heterocycles. The molecule has 0 aliphatic rings. The van der Waals surface area contributed by atoms with Gasteiger partial charge in [-0.15, -0.1) is 0 Å². The average Bonchev–Trinajstić information content (AvgIpc) is 1.65. The fourth-order valence-corrected chi connectivity index (χ4v) is 0.136. The van der Waals surface area contributed by atoms with E-state index in [1.165, 1.54) is 0 Å². The third kappa shape index (κ3) is 2.21. The van der Waals surface area contributed by atoms with Crippen molar-refractivity contribution in [2.24, 2.45) is 11.7 Å². The van der Waals surface area contributed by atoms with Crippen molar-refractivity contribution in [2.75, 3.05) is 0 Å². The molecule has 6 heavy (non-hydrogen) atoms. The van der Waals surface area contributed by atoms with Crippen LogP contribution in [0.2, 0.25) is 0 Å². The van der Waals surface area contributed by atoms with Gasteiger partial charge in [0.05, 0.1) is 0 Å². The predicted octanol–water partition coefficient (Wildman–Crippen LogP) is 1.15. The van der Waals surface area contributed by atoms with Crippen LogP contribution in [0, 0.1) is 12.5 Å². The van der Waals surface area contributed by atoms with Crippen LogP contribution in [-0.2, 0) is 0 Å². The normalized spacial score (nSPS) is 14.5. The average molecular weight is 86.2 g/mol. The minimum atomic E-state index is 0.588. The van der Waals surface area contributed by atoms with Crippen LogP contribution in [0.25, 0.3) is 0 Å². The molecule has 1 nitrogen and oxygen atoms in total. The second-order valence-corrected chi connectivity index (χ2v) is 1.58. The Bertz CT molecular complexity index is 23.1. The van der Waals surface area contributed by atoms with Gasteiger partial charge in [-0.3, -0.25) is 0 Å². The molecule has 1 heteroatoms. The van der Waals surface area contributed by atoms with Gasteiger partial charge in [0, 0.05) is 6.54 Å². The van der Waals surface area contributed by atoms with E-state index in [1.54, 1.807) is 6.54 Å². The highest BCUT2D eigenvalue weighted by Crippen LogP contribution is 1.97. The summed E-state index contributed by atoms with van der Waals surface area (Å²) in [5.74, 6) is 0.588. The SMILES string of the molecule is CCC(C)[CH]N. The van der Waals surface area contributed by atoms with Crippen LogP contribution in [0.1, 0.15) is 20.3 Å². The second kappa shape index (κ2) is 3.16. The molecule has 0 fully saturated rings. The molecule has 0 amide bonds. The van der Waals surface area contributed by atoms with E-state index in [-0.39, 0.29) is 0 Å². The van der Waals surface area contributed by atoms with Crippen molar-refractivity contribution in [3.63, 3.8) is 0 Å². The number of hydrogen-bond donors (Lipinski definition) is 1. The maximum absolute atomic E-state index is 5.16. The van der Waals surface area contributed by atoms with Crippen LogP contribution in [0.4, 0.5) is 0 Å². The first-order valence-corrected chi connectivity index (χ1v) is 2.36. The van der Waals surface area contributed by atoms with Gasteiger partial charge >= 0.3 is 0 Å². The van der Waals surface area contributed by atoms with E-state index in [1.807, 2.05) is 0 Å². The molecular formula is C5H12N. The third-order valence-electron chi connectivity index (χ3n) is 0.972. The van der Waals surface area contributed by atoms with E-state index >= 15 is 0 Å². The maximum Gasteiger partial charge on any atom is 0.0220 e. The molecule has 0 bridgehead atoms. The molecule has 0 aliphatic carbocycles. The lowest BCUT2D eigenvalue weighted by molar-refractivity contribution is 0.640. The van der Waals surface area contributed by atoms with Gasteiger partial charge in [0.1, 0.15) is 0 Å². The van der Waals surface area contributed by atoms with Crippen molar-refractivity contribution in [2.45, 2.75) is 20.3 Å². The zero-order chi connectivity index (χ0) is 4.99. The molecule has 2 N–H and O–H groups in total. The van der Waals surface area contributed by atoms with Gasteiger partial charge in [-0.25, -0.2) is 0 Å². The largest absolute Gasteiger partial charge is 0.326 e. The van der Waals surface area contributed by atoms with Crippen LogP contribution in [0.15, 0.2) is 0 Å². The lowest BCUT2D eigenvalue weighted by Gasteiger charge is -1.98. The molecule has 0 saturated carbocycles. The second-order valence-electron chi connectivity index (χ2n) is 1.58. The van der Waals surface area contributed by atoms with E-state index in [4.69, 9.17) is 5.73 Å². The molecule has 0 rings (SSSR count). The van der Waals surface area contributed by atoms with Crippen molar-refractivity contribution in [3.8, 4) is 0 Å². The highest BCUT2D eigenvalue weighted by molar-refractivity contribution is 4.60. The maximum atomic E-state index is 5.16. The lowest BCUT2D eigenvalue weighted by Crippen LogP contribution is -2.00. The summed E-state index contributed by atoms with van der Waals surface area (Å²) in [5, 5.41) is 0. The summed E-state index contributed by atoms with van der Waals surface area (Å²) < 4.78 is 0. The monoisotopic (exact) mass is 86.1 g/mol. The summed E-state index contributed by atoms with van der Waals surface area (Å²) in [5.41, 5.74) is 5.16. The van der Waals surface area contributed by atoms with Gasteiger partial charge in [-0.1, -0.05) is 20.3 Å². The van der Waals surface area contributed by atoms with Gasteiger partial charge in [-0.2, -0.15) is 0 Å². The Balaban J connectivity index is 2.75. The zero-order valence-electron chi connectivity index (χ0n) is 4.44. The summed E-state index contributed by atoms with van der Waals surface area (Å²) in [6.45, 7) is 5.94. The Morgan fingerprint density at radius 2 is 2.33 bits per heavy atom. The van der Waals surface area contributed by atoms with Crippen molar-refractivity contribution in [1.29, 1.82) is 0 Å². The quantitative estimate of drug-likeness (QED) is 0.536. The summed E-state index contributed by atoms with van der Waals surface area (Å²) in [7, 11) is 0. The third-order valence-corrected chi connectivity index (χ3v) is 0.972. The van der Waals surface area contributed by atoms with E-state index in [0.717, 1.165) is 6.42 Å². The Kier molecular flexibility index (Phi) is 3.14. The molecule has 1 unspecified atom stereocenters. The van der Waals surface area contributed by atoms with E-state index in [0.29, 0.717) is 5.92 Å². The highest BCUT2D eigenvalue weighted by atomic mass is 14.5. The number of hydrogen-bond acceptors (Lipinski definition) is 1. The summed E-state index contributed by atoms with van der Waals surface area (Å²) in [4.78, 5) is 0. The first-order chi connectivity index (χ1) is 2.81. The van der Waals surface area contributed by atoms with Gasteiger partial charge in [0.15, 0.2) is 0 Å². The molecular weight excluding hydrogens is 74.1 g/mol. The van der Waals surface area contributed by atoms with Crippen molar-refractivity contribution >= 4 is 0 Å². The van der Waals surface area contributed by atoms with Crippen LogP contribution in [0.3, 0.4) is 0 Å². The Hall–Kier alpha value is -0.0400. The van der Waals surface area contributed by atoms with Crippen molar-refractivity contribution in [3.05, 3.63) is 6.54 Å². The molecule has 1 radical (unpaired) electrons. The van der Waals surface area contributed by atoms with Gasteiger partial charge in [0.2, 0.25) is 0 Å². The minimum Gasteiger partial charge on any atom is -0.326 e. The predicted molar refractivity (Wildman–Crippen MR) is 27.9 cm³/mol. The highest BCUT2D eigenvalue weighted by Gasteiger charge is 1.89. The minimum absolute atomic E-state index is 0.588. The van der Waals surface area contributed by atoms with Crippen molar-refractivity contribution < 1.29 is 0 Å². The van der Waals surface area contributed by atoms with Crippen LogP contribution >= 0.6 is 0 Å². The van der Waals surface area contributed by atoms with Crippen LogP contribution in [-0.4, -0.2) is 0 Å². The molecule has 37 valence electrons. The first-order valence-electron chi connectivity index (χ1n) is 2.36. The molecule has 0 aromatic carbocycles. The van der Waals surface area contributed by atoms with E-state index < -0.39 is 0 Å².